The Morgan fingerprint density at radius 2 is 2.09 bits per heavy atom. The average Bonchev–Trinajstić information content (AvgIpc) is 3.43. The van der Waals surface area contributed by atoms with Gasteiger partial charge in [-0.15, -0.1) is 0 Å². The number of rotatable bonds is 3. The number of fused-ring (bicyclic) bond motifs is 3. The molecule has 0 saturated carbocycles. The van der Waals surface area contributed by atoms with E-state index < -0.39 is 23.7 Å². The number of ether oxygens (including phenoxy) is 3. The van der Waals surface area contributed by atoms with Crippen molar-refractivity contribution in [1.82, 2.24) is 10.2 Å². The van der Waals surface area contributed by atoms with Gasteiger partial charge in [-0.2, -0.15) is 11.3 Å². The van der Waals surface area contributed by atoms with Crippen LogP contribution in [0.5, 0.6) is 11.5 Å². The number of nitrogens with one attached hydrogen (secondary N) is 1. The maximum absolute atomic E-state index is 14.4. The molecular weight excluding hydrogens is 447 g/mol. The van der Waals surface area contributed by atoms with Gasteiger partial charge in [-0.1, -0.05) is 18.2 Å². The maximum atomic E-state index is 14.4. The summed E-state index contributed by atoms with van der Waals surface area (Å²) in [6.07, 6.45) is -0.318. The van der Waals surface area contributed by atoms with Crippen LogP contribution in [-0.2, 0) is 28.2 Å². The zero-order valence-electron chi connectivity index (χ0n) is 17.4. The van der Waals surface area contributed by atoms with Gasteiger partial charge in [0.05, 0.1) is 19.8 Å². The SMILES string of the molecule is O=C1N[C@@]2(CCOc3ccccc32)C(=O)N1Cc1cc(F)cc2c1O[C@H](c1ccsc1)OC2. The van der Waals surface area contributed by atoms with E-state index in [2.05, 4.69) is 5.32 Å². The minimum absolute atomic E-state index is 0.119. The van der Waals surface area contributed by atoms with Crippen LogP contribution in [0.15, 0.2) is 53.2 Å². The Morgan fingerprint density at radius 3 is 2.94 bits per heavy atom. The van der Waals surface area contributed by atoms with Crippen molar-refractivity contribution in [2.24, 2.45) is 0 Å². The first-order valence-electron chi connectivity index (χ1n) is 10.5. The average molecular weight is 466 g/mol. The lowest BCUT2D eigenvalue weighted by atomic mass is 9.84. The summed E-state index contributed by atoms with van der Waals surface area (Å²) < 4.78 is 31.9. The number of urea groups is 1. The van der Waals surface area contributed by atoms with Crippen molar-refractivity contribution in [2.45, 2.75) is 31.4 Å². The highest BCUT2D eigenvalue weighted by Gasteiger charge is 2.55. The highest BCUT2D eigenvalue weighted by molar-refractivity contribution is 7.07. The number of halogens is 1. The Morgan fingerprint density at radius 1 is 1.21 bits per heavy atom. The number of hydrogen-bond acceptors (Lipinski definition) is 6. The molecule has 3 aliphatic heterocycles. The number of hydrogen-bond donors (Lipinski definition) is 1. The van der Waals surface area contributed by atoms with Crippen molar-refractivity contribution >= 4 is 23.3 Å². The third kappa shape index (κ3) is 3.19. The van der Waals surface area contributed by atoms with Crippen LogP contribution in [0.2, 0.25) is 0 Å². The fourth-order valence-electron chi connectivity index (χ4n) is 4.65. The second-order valence-corrected chi connectivity index (χ2v) is 8.97. The normalized spacial score (nSPS) is 23.5. The Kier molecular flexibility index (Phi) is 4.63. The quantitative estimate of drug-likeness (QED) is 0.585. The van der Waals surface area contributed by atoms with E-state index in [1.54, 1.807) is 18.2 Å². The summed E-state index contributed by atoms with van der Waals surface area (Å²) >= 11 is 1.52. The molecule has 1 spiro atoms. The third-order valence-corrected chi connectivity index (χ3v) is 6.93. The van der Waals surface area contributed by atoms with Crippen molar-refractivity contribution in [3.05, 3.63) is 81.3 Å². The first-order valence-corrected chi connectivity index (χ1v) is 11.5. The molecule has 7 nitrogen and oxygen atoms in total. The highest BCUT2D eigenvalue weighted by atomic mass is 32.1. The van der Waals surface area contributed by atoms with E-state index >= 15 is 0 Å². The van der Waals surface area contributed by atoms with Crippen LogP contribution in [0.1, 0.15) is 35.0 Å². The molecule has 168 valence electrons. The van der Waals surface area contributed by atoms with Gasteiger partial charge in [0.1, 0.15) is 17.3 Å². The summed E-state index contributed by atoms with van der Waals surface area (Å²) in [5.74, 6) is 0.139. The van der Waals surface area contributed by atoms with E-state index in [4.69, 9.17) is 14.2 Å². The number of para-hydroxylation sites is 1. The van der Waals surface area contributed by atoms with E-state index in [9.17, 15) is 14.0 Å². The number of thiophene rings is 1. The Hall–Kier alpha value is -3.43. The van der Waals surface area contributed by atoms with Crippen molar-refractivity contribution in [3.8, 4) is 11.5 Å². The van der Waals surface area contributed by atoms with Crippen molar-refractivity contribution in [3.63, 3.8) is 0 Å². The zero-order valence-corrected chi connectivity index (χ0v) is 18.2. The zero-order chi connectivity index (χ0) is 22.6. The van der Waals surface area contributed by atoms with Crippen LogP contribution in [0.4, 0.5) is 9.18 Å². The molecule has 0 unspecified atom stereocenters. The summed E-state index contributed by atoms with van der Waals surface area (Å²) in [5.41, 5.74) is 1.24. The second-order valence-electron chi connectivity index (χ2n) is 8.19. The minimum atomic E-state index is -1.19. The van der Waals surface area contributed by atoms with Gasteiger partial charge in [0.15, 0.2) is 5.54 Å². The largest absolute Gasteiger partial charge is 0.493 e. The lowest BCUT2D eigenvalue weighted by Gasteiger charge is -2.33. The van der Waals surface area contributed by atoms with Crippen LogP contribution >= 0.6 is 11.3 Å². The molecule has 0 radical (unpaired) electrons. The van der Waals surface area contributed by atoms with Gasteiger partial charge in [0.25, 0.3) is 5.91 Å². The molecule has 3 amide bonds. The number of carbonyl (C=O) groups is 2. The van der Waals surface area contributed by atoms with Crippen LogP contribution in [0.25, 0.3) is 0 Å². The molecule has 3 aliphatic rings. The molecule has 33 heavy (non-hydrogen) atoms. The lowest BCUT2D eigenvalue weighted by molar-refractivity contribution is -0.133. The van der Waals surface area contributed by atoms with Gasteiger partial charge in [-0.05, 0) is 29.6 Å². The summed E-state index contributed by atoms with van der Waals surface area (Å²) in [7, 11) is 0. The van der Waals surface area contributed by atoms with Crippen LogP contribution in [-0.4, -0.2) is 23.4 Å². The van der Waals surface area contributed by atoms with Gasteiger partial charge in [0, 0.05) is 34.1 Å². The Bertz CT molecular complexity index is 1260. The first-order chi connectivity index (χ1) is 16.0. The summed E-state index contributed by atoms with van der Waals surface area (Å²) in [6, 6.07) is 11.2. The van der Waals surface area contributed by atoms with Crippen LogP contribution in [0.3, 0.4) is 0 Å². The fraction of sp³-hybridized carbons (Fsp3) is 0.250. The molecule has 4 heterocycles. The molecule has 2 aromatic carbocycles. The van der Waals surface area contributed by atoms with Crippen molar-refractivity contribution in [1.29, 1.82) is 0 Å². The molecule has 0 bridgehead atoms. The number of imide groups is 1. The van der Waals surface area contributed by atoms with Gasteiger partial charge < -0.3 is 19.5 Å². The smallest absolute Gasteiger partial charge is 0.325 e. The molecule has 1 aromatic heterocycles. The molecule has 9 heteroatoms. The van der Waals surface area contributed by atoms with Crippen molar-refractivity contribution in [2.75, 3.05) is 6.61 Å². The predicted octanol–water partition coefficient (Wildman–Crippen LogP) is 4.22. The van der Waals surface area contributed by atoms with Crippen molar-refractivity contribution < 1.29 is 28.2 Å². The summed E-state index contributed by atoms with van der Waals surface area (Å²) in [4.78, 5) is 27.7. The minimum Gasteiger partial charge on any atom is -0.493 e. The Balaban J connectivity index is 1.34. The molecule has 0 aliphatic carbocycles. The lowest BCUT2D eigenvalue weighted by Crippen LogP contribution is -2.47. The number of amides is 3. The maximum Gasteiger partial charge on any atom is 0.325 e. The summed E-state index contributed by atoms with van der Waals surface area (Å²) in [6.45, 7) is 0.344. The monoisotopic (exact) mass is 466 g/mol. The predicted molar refractivity (Wildman–Crippen MR) is 116 cm³/mol. The number of nitrogens with zero attached hydrogens (tertiary/aromatic N) is 1. The van der Waals surface area contributed by atoms with E-state index in [-0.39, 0.29) is 19.1 Å². The highest BCUT2D eigenvalue weighted by Crippen LogP contribution is 2.43. The van der Waals surface area contributed by atoms with E-state index in [0.29, 0.717) is 41.2 Å². The molecule has 1 saturated heterocycles. The molecule has 2 atom stereocenters. The molecular formula is C24H19FN2O5S. The van der Waals surface area contributed by atoms with Gasteiger partial charge >= 0.3 is 6.03 Å². The standard InChI is InChI=1S/C24H19FN2O5S/c25-17-9-15(20-16(10-17)12-31-21(32-20)14-5-8-33-13-14)11-27-22(28)24(26-23(27)29)6-7-30-19-4-2-1-3-18(19)24/h1-5,8-10,13,21H,6-7,11-12H2,(H,26,29)/t21-,24-/m1/s1. The molecule has 1 fully saturated rings. The molecule has 1 N–H and O–H groups in total. The van der Waals surface area contributed by atoms with E-state index in [1.807, 2.05) is 22.9 Å². The van der Waals surface area contributed by atoms with Crippen LogP contribution < -0.4 is 14.8 Å². The summed E-state index contributed by atoms with van der Waals surface area (Å²) in [5, 5.41) is 6.71. The van der Waals surface area contributed by atoms with Crippen LogP contribution in [0, 0.1) is 5.82 Å². The van der Waals surface area contributed by atoms with Gasteiger partial charge in [-0.25, -0.2) is 9.18 Å². The first kappa shape index (κ1) is 20.2. The van der Waals surface area contributed by atoms with E-state index in [0.717, 1.165) is 10.5 Å². The third-order valence-electron chi connectivity index (χ3n) is 6.22. The van der Waals surface area contributed by atoms with Gasteiger partial charge in [-0.3, -0.25) is 9.69 Å². The topological polar surface area (TPSA) is 77.1 Å². The fourth-order valence-corrected chi connectivity index (χ4v) is 5.31. The molecule has 3 aromatic rings. The van der Waals surface area contributed by atoms with Gasteiger partial charge in [0.2, 0.25) is 6.29 Å². The Labute approximate surface area is 192 Å². The van der Waals surface area contributed by atoms with E-state index in [1.165, 1.54) is 23.5 Å². The number of benzene rings is 2. The number of carbonyl (C=O) groups excluding carboxylic acids is 2. The molecule has 6 rings (SSSR count). The second kappa shape index (κ2) is 7.57.